The molecule has 4 rings (SSSR count). The summed E-state index contributed by atoms with van der Waals surface area (Å²) in [7, 11) is 0. The summed E-state index contributed by atoms with van der Waals surface area (Å²) >= 11 is 0. The van der Waals surface area contributed by atoms with Crippen molar-refractivity contribution in [2.75, 3.05) is 49.5 Å². The van der Waals surface area contributed by atoms with Crippen molar-refractivity contribution in [3.8, 4) is 5.75 Å². The minimum absolute atomic E-state index is 0.220. The van der Waals surface area contributed by atoms with Crippen molar-refractivity contribution in [1.82, 2.24) is 10.2 Å². The number of nitrogens with zero attached hydrogens (tertiary/aromatic N) is 2. The first-order valence-corrected chi connectivity index (χ1v) is 11.6. The average molecular weight is 481 g/mol. The zero-order valence-electron chi connectivity index (χ0n) is 19.6. The number of halogens is 1. The van der Waals surface area contributed by atoms with Crippen molar-refractivity contribution in [1.29, 1.82) is 0 Å². The predicted octanol–water partition coefficient (Wildman–Crippen LogP) is 3.44. The maximum absolute atomic E-state index is 13.2. The molecule has 1 fully saturated rings. The van der Waals surface area contributed by atoms with Gasteiger partial charge in [0, 0.05) is 44.1 Å². The Morgan fingerprint density at radius 1 is 1.00 bits per heavy atom. The van der Waals surface area contributed by atoms with Gasteiger partial charge in [-0.25, -0.2) is 4.39 Å². The third-order valence-electron chi connectivity index (χ3n) is 5.90. The Hall–Kier alpha value is -3.85. The number of hydrogen-bond donors (Lipinski definition) is 2. The van der Waals surface area contributed by atoms with E-state index in [0.717, 1.165) is 31.9 Å². The lowest BCUT2D eigenvalue weighted by Gasteiger charge is -2.39. The molecule has 0 saturated carbocycles. The van der Waals surface area contributed by atoms with Gasteiger partial charge in [-0.15, -0.1) is 0 Å². The van der Waals surface area contributed by atoms with E-state index in [-0.39, 0.29) is 18.4 Å². The second kappa shape index (κ2) is 11.5. The predicted molar refractivity (Wildman–Crippen MR) is 131 cm³/mol. The van der Waals surface area contributed by atoms with Gasteiger partial charge in [0.1, 0.15) is 17.3 Å². The molecule has 2 amide bonds. The molecule has 9 heteroatoms. The monoisotopic (exact) mass is 480 g/mol. The van der Waals surface area contributed by atoms with E-state index in [0.29, 0.717) is 23.8 Å². The number of ether oxygens (including phenoxy) is 1. The Kier molecular flexibility index (Phi) is 7.99. The van der Waals surface area contributed by atoms with Crippen LogP contribution in [0.4, 0.5) is 15.8 Å². The lowest BCUT2D eigenvalue weighted by Crippen LogP contribution is -2.50. The summed E-state index contributed by atoms with van der Waals surface area (Å²) in [4.78, 5) is 29.3. The van der Waals surface area contributed by atoms with Crippen LogP contribution in [0.15, 0.2) is 71.3 Å². The second-order valence-electron chi connectivity index (χ2n) is 8.15. The third kappa shape index (κ3) is 6.39. The van der Waals surface area contributed by atoms with Gasteiger partial charge in [-0.3, -0.25) is 14.5 Å². The van der Waals surface area contributed by atoms with Crippen molar-refractivity contribution in [3.05, 3.63) is 78.5 Å². The Bertz CT molecular complexity index is 1100. The molecule has 2 aromatic carbocycles. The molecule has 0 aliphatic carbocycles. The van der Waals surface area contributed by atoms with Gasteiger partial charge in [0.05, 0.1) is 18.9 Å². The van der Waals surface area contributed by atoms with E-state index in [2.05, 4.69) is 20.4 Å². The van der Waals surface area contributed by atoms with E-state index in [9.17, 15) is 14.0 Å². The highest BCUT2D eigenvalue weighted by atomic mass is 19.1. The highest BCUT2D eigenvalue weighted by Crippen LogP contribution is 2.24. The fraction of sp³-hybridized carbons (Fsp3) is 0.308. The zero-order chi connectivity index (χ0) is 24.6. The number of hydrogen-bond acceptors (Lipinski definition) is 6. The molecule has 1 saturated heterocycles. The van der Waals surface area contributed by atoms with E-state index in [1.165, 1.54) is 12.1 Å². The molecule has 1 aliphatic rings. The van der Waals surface area contributed by atoms with Crippen molar-refractivity contribution in [2.45, 2.75) is 13.0 Å². The first-order chi connectivity index (χ1) is 17.0. The largest absolute Gasteiger partial charge is 0.494 e. The molecular weight excluding hydrogens is 451 g/mol. The van der Waals surface area contributed by atoms with Gasteiger partial charge < -0.3 is 24.7 Å². The molecule has 1 atom stereocenters. The van der Waals surface area contributed by atoms with Crippen LogP contribution in [-0.2, 0) is 9.59 Å². The van der Waals surface area contributed by atoms with Crippen molar-refractivity contribution >= 4 is 23.2 Å². The molecular formula is C26H29FN4O4. The zero-order valence-corrected chi connectivity index (χ0v) is 19.6. The van der Waals surface area contributed by atoms with E-state index in [4.69, 9.17) is 9.15 Å². The smallest absolute Gasteiger partial charge is 0.313 e. The lowest BCUT2D eigenvalue weighted by atomic mass is 10.1. The average Bonchev–Trinajstić information content (AvgIpc) is 3.41. The van der Waals surface area contributed by atoms with Crippen LogP contribution in [-0.4, -0.2) is 56.0 Å². The molecule has 3 aromatic rings. The van der Waals surface area contributed by atoms with E-state index in [1.54, 1.807) is 48.7 Å². The first-order valence-electron chi connectivity index (χ1n) is 11.6. The standard InChI is InChI=1S/C26H29FN4O4/c1-2-34-22-11-7-20(8-12-22)29-26(33)25(32)28-18-23(24-4-3-17-35-24)31-15-13-30(14-16-31)21-9-5-19(27)6-10-21/h3-12,17,23H,2,13-16,18H2,1H3,(H,28,32)(H,29,33). The maximum atomic E-state index is 13.2. The second-order valence-corrected chi connectivity index (χ2v) is 8.15. The first kappa shape index (κ1) is 24.3. The topological polar surface area (TPSA) is 87.0 Å². The van der Waals surface area contributed by atoms with E-state index < -0.39 is 11.8 Å². The van der Waals surface area contributed by atoms with Crippen LogP contribution in [0.3, 0.4) is 0 Å². The van der Waals surface area contributed by atoms with Crippen molar-refractivity contribution < 1.29 is 23.1 Å². The van der Waals surface area contributed by atoms with Gasteiger partial charge >= 0.3 is 11.8 Å². The Balaban J connectivity index is 1.33. The van der Waals surface area contributed by atoms with Crippen LogP contribution >= 0.6 is 0 Å². The molecule has 2 heterocycles. The van der Waals surface area contributed by atoms with Crippen LogP contribution in [0.25, 0.3) is 0 Å². The summed E-state index contributed by atoms with van der Waals surface area (Å²) in [6.45, 7) is 5.59. The summed E-state index contributed by atoms with van der Waals surface area (Å²) < 4.78 is 24.3. The number of rotatable bonds is 8. The highest BCUT2D eigenvalue weighted by molar-refractivity contribution is 6.39. The lowest BCUT2D eigenvalue weighted by molar-refractivity contribution is -0.136. The Morgan fingerprint density at radius 3 is 2.34 bits per heavy atom. The van der Waals surface area contributed by atoms with E-state index in [1.807, 2.05) is 13.0 Å². The summed E-state index contributed by atoms with van der Waals surface area (Å²) in [6, 6.07) is 16.7. The minimum atomic E-state index is -0.742. The number of benzene rings is 2. The molecule has 1 aromatic heterocycles. The molecule has 1 unspecified atom stereocenters. The number of furan rings is 1. The number of nitrogens with one attached hydrogen (secondary N) is 2. The third-order valence-corrected chi connectivity index (χ3v) is 5.90. The van der Waals surface area contributed by atoms with Crippen molar-refractivity contribution in [2.24, 2.45) is 0 Å². The van der Waals surface area contributed by atoms with Gasteiger partial charge in [0.2, 0.25) is 0 Å². The SMILES string of the molecule is CCOc1ccc(NC(=O)C(=O)NCC(c2ccco2)N2CCN(c3ccc(F)cc3)CC2)cc1. The van der Waals surface area contributed by atoms with Crippen LogP contribution in [0.2, 0.25) is 0 Å². The molecule has 1 aliphatic heterocycles. The highest BCUT2D eigenvalue weighted by Gasteiger charge is 2.28. The fourth-order valence-corrected chi connectivity index (χ4v) is 4.09. The Labute approximate surface area is 203 Å². The summed E-state index contributed by atoms with van der Waals surface area (Å²) in [5.41, 5.74) is 1.48. The minimum Gasteiger partial charge on any atom is -0.494 e. The van der Waals surface area contributed by atoms with Crippen LogP contribution in [0, 0.1) is 5.82 Å². The quantitative estimate of drug-likeness (QED) is 0.481. The maximum Gasteiger partial charge on any atom is 0.313 e. The van der Waals surface area contributed by atoms with Crippen LogP contribution in [0.5, 0.6) is 5.75 Å². The van der Waals surface area contributed by atoms with Gasteiger partial charge in [0.25, 0.3) is 0 Å². The number of amides is 2. The number of carbonyl (C=O) groups excluding carboxylic acids is 2. The number of anilines is 2. The summed E-state index contributed by atoms with van der Waals surface area (Å²) in [5, 5.41) is 5.34. The molecule has 184 valence electrons. The number of carbonyl (C=O) groups is 2. The van der Waals surface area contributed by atoms with E-state index >= 15 is 0 Å². The van der Waals surface area contributed by atoms with Crippen LogP contribution < -0.4 is 20.3 Å². The molecule has 2 N–H and O–H groups in total. The van der Waals surface area contributed by atoms with Gasteiger partial charge in [0.15, 0.2) is 0 Å². The van der Waals surface area contributed by atoms with Gasteiger partial charge in [-0.05, 0) is 67.6 Å². The Morgan fingerprint density at radius 2 is 1.71 bits per heavy atom. The van der Waals surface area contributed by atoms with Crippen molar-refractivity contribution in [3.63, 3.8) is 0 Å². The van der Waals surface area contributed by atoms with Crippen LogP contribution in [0.1, 0.15) is 18.7 Å². The fourth-order valence-electron chi connectivity index (χ4n) is 4.09. The summed E-state index contributed by atoms with van der Waals surface area (Å²) in [5.74, 6) is -0.315. The summed E-state index contributed by atoms with van der Waals surface area (Å²) in [6.07, 6.45) is 1.59. The van der Waals surface area contributed by atoms with Gasteiger partial charge in [-0.1, -0.05) is 0 Å². The molecule has 35 heavy (non-hydrogen) atoms. The van der Waals surface area contributed by atoms with Gasteiger partial charge in [-0.2, -0.15) is 0 Å². The molecule has 8 nitrogen and oxygen atoms in total. The number of piperazine rings is 1. The molecule has 0 radical (unpaired) electrons. The molecule has 0 bridgehead atoms. The molecule has 0 spiro atoms. The normalized spacial score (nSPS) is 14.9.